The third-order valence-electron chi connectivity index (χ3n) is 2.71. The summed E-state index contributed by atoms with van der Waals surface area (Å²) in [5.74, 6) is 1.59. The highest BCUT2D eigenvalue weighted by atomic mass is 32.1. The molecule has 2 aromatic heterocycles. The van der Waals surface area contributed by atoms with Crippen molar-refractivity contribution in [2.75, 3.05) is 0 Å². The summed E-state index contributed by atoms with van der Waals surface area (Å²) in [6.07, 6.45) is 3.31. The lowest BCUT2D eigenvalue weighted by Crippen LogP contribution is -2.04. The number of aromatic nitrogens is 4. The highest BCUT2D eigenvalue weighted by Gasteiger charge is 2.09. The molecule has 0 amide bonds. The fourth-order valence-electron chi connectivity index (χ4n) is 1.72. The molecule has 1 aromatic carbocycles. The Morgan fingerprint density at radius 2 is 2.16 bits per heavy atom. The van der Waals surface area contributed by atoms with E-state index >= 15 is 0 Å². The molecule has 5 nitrogen and oxygen atoms in total. The SMILES string of the molecule is Cn1ncnc1COc1ccccc1-c1nccs1. The van der Waals surface area contributed by atoms with Gasteiger partial charge in [0.2, 0.25) is 0 Å². The number of hydrogen-bond acceptors (Lipinski definition) is 5. The van der Waals surface area contributed by atoms with Gasteiger partial charge in [0.25, 0.3) is 0 Å². The first-order valence-corrected chi connectivity index (χ1v) is 6.67. The van der Waals surface area contributed by atoms with E-state index in [0.717, 1.165) is 22.1 Å². The van der Waals surface area contributed by atoms with Gasteiger partial charge in [-0.1, -0.05) is 12.1 Å². The maximum absolute atomic E-state index is 5.83. The summed E-state index contributed by atoms with van der Waals surface area (Å²) in [4.78, 5) is 8.45. The molecule has 2 heterocycles. The van der Waals surface area contributed by atoms with Crippen LogP contribution in [0.5, 0.6) is 5.75 Å². The predicted octanol–water partition coefficient (Wildman–Crippen LogP) is 2.52. The number of para-hydroxylation sites is 1. The minimum atomic E-state index is 0.388. The standard InChI is InChI=1S/C13H12N4OS/c1-17-12(15-9-16-17)8-18-11-5-3-2-4-10(11)13-14-6-7-19-13/h2-7,9H,8H2,1H3. The Bertz CT molecular complexity index is 663. The lowest BCUT2D eigenvalue weighted by Gasteiger charge is -2.09. The van der Waals surface area contributed by atoms with Gasteiger partial charge in [-0.15, -0.1) is 11.3 Å². The van der Waals surface area contributed by atoms with E-state index in [1.54, 1.807) is 22.2 Å². The van der Waals surface area contributed by atoms with Crippen LogP contribution < -0.4 is 4.74 Å². The van der Waals surface area contributed by atoms with Gasteiger partial charge in [-0.3, -0.25) is 4.68 Å². The van der Waals surface area contributed by atoms with Gasteiger partial charge in [-0.05, 0) is 12.1 Å². The average molecular weight is 272 g/mol. The van der Waals surface area contributed by atoms with Crippen molar-refractivity contribution in [2.45, 2.75) is 6.61 Å². The van der Waals surface area contributed by atoms with E-state index in [-0.39, 0.29) is 0 Å². The monoisotopic (exact) mass is 272 g/mol. The third-order valence-corrected chi connectivity index (χ3v) is 3.52. The molecule has 0 saturated carbocycles. The van der Waals surface area contributed by atoms with Gasteiger partial charge in [0.15, 0.2) is 5.82 Å². The molecule has 0 atom stereocenters. The number of benzene rings is 1. The summed E-state index contributed by atoms with van der Waals surface area (Å²) in [6, 6.07) is 7.87. The fraction of sp³-hybridized carbons (Fsp3) is 0.154. The van der Waals surface area contributed by atoms with E-state index in [0.29, 0.717) is 6.61 Å². The Morgan fingerprint density at radius 3 is 2.89 bits per heavy atom. The van der Waals surface area contributed by atoms with Crippen LogP contribution in [0.3, 0.4) is 0 Å². The van der Waals surface area contributed by atoms with E-state index in [9.17, 15) is 0 Å². The van der Waals surface area contributed by atoms with Gasteiger partial charge in [-0.2, -0.15) is 5.10 Å². The second-order valence-corrected chi connectivity index (χ2v) is 4.82. The molecule has 6 heteroatoms. The zero-order valence-corrected chi connectivity index (χ0v) is 11.2. The van der Waals surface area contributed by atoms with E-state index in [4.69, 9.17) is 4.74 Å². The van der Waals surface area contributed by atoms with E-state index in [2.05, 4.69) is 15.1 Å². The summed E-state index contributed by atoms with van der Waals surface area (Å²) in [5, 5.41) is 6.92. The minimum Gasteiger partial charge on any atom is -0.485 e. The second-order valence-electron chi connectivity index (χ2n) is 3.92. The van der Waals surface area contributed by atoms with Crippen LogP contribution >= 0.6 is 11.3 Å². The fourth-order valence-corrected chi connectivity index (χ4v) is 2.39. The molecule has 0 aliphatic rings. The smallest absolute Gasteiger partial charge is 0.164 e. The molecule has 0 aliphatic heterocycles. The molecule has 3 aromatic rings. The molecule has 96 valence electrons. The summed E-state index contributed by atoms with van der Waals surface area (Å²) in [6.45, 7) is 0.388. The van der Waals surface area contributed by atoms with Crippen LogP contribution in [-0.2, 0) is 13.7 Å². The summed E-state index contributed by atoms with van der Waals surface area (Å²) in [7, 11) is 1.85. The number of rotatable bonds is 4. The first-order chi connectivity index (χ1) is 9.34. The van der Waals surface area contributed by atoms with Crippen LogP contribution in [0.4, 0.5) is 0 Å². The van der Waals surface area contributed by atoms with Gasteiger partial charge in [0, 0.05) is 18.6 Å². The quantitative estimate of drug-likeness (QED) is 0.732. The van der Waals surface area contributed by atoms with Gasteiger partial charge in [-0.25, -0.2) is 9.97 Å². The first kappa shape index (κ1) is 11.9. The number of ether oxygens (including phenoxy) is 1. The van der Waals surface area contributed by atoms with Crippen LogP contribution in [0.2, 0.25) is 0 Å². The van der Waals surface area contributed by atoms with Crippen LogP contribution in [0, 0.1) is 0 Å². The van der Waals surface area contributed by atoms with Gasteiger partial charge in [0.05, 0.1) is 5.56 Å². The van der Waals surface area contributed by atoms with Crippen LogP contribution in [-0.4, -0.2) is 19.7 Å². The van der Waals surface area contributed by atoms with E-state index in [1.807, 2.05) is 36.7 Å². The molecule has 3 rings (SSSR count). The van der Waals surface area contributed by atoms with E-state index in [1.165, 1.54) is 6.33 Å². The van der Waals surface area contributed by atoms with Crippen molar-refractivity contribution in [1.29, 1.82) is 0 Å². The van der Waals surface area contributed by atoms with Crippen molar-refractivity contribution in [3.05, 3.63) is 48.0 Å². The van der Waals surface area contributed by atoms with Crippen LogP contribution in [0.25, 0.3) is 10.6 Å². The summed E-state index contributed by atoms with van der Waals surface area (Å²) < 4.78 is 7.53. The Kier molecular flexibility index (Phi) is 3.24. The number of nitrogens with zero attached hydrogens (tertiary/aromatic N) is 4. The molecule has 0 radical (unpaired) electrons. The summed E-state index contributed by atoms with van der Waals surface area (Å²) in [5.41, 5.74) is 1.000. The van der Waals surface area contributed by atoms with Crippen LogP contribution in [0.1, 0.15) is 5.82 Å². The number of thiazole rings is 1. The molecule has 0 saturated heterocycles. The largest absolute Gasteiger partial charge is 0.485 e. The molecule has 0 aliphatic carbocycles. The van der Waals surface area contributed by atoms with Crippen molar-refractivity contribution in [2.24, 2.45) is 7.05 Å². The van der Waals surface area contributed by atoms with E-state index < -0.39 is 0 Å². The average Bonchev–Trinajstić information content (AvgIpc) is 3.08. The third kappa shape index (κ3) is 2.48. The molecule has 0 N–H and O–H groups in total. The summed E-state index contributed by atoms with van der Waals surface area (Å²) >= 11 is 1.59. The number of hydrogen-bond donors (Lipinski definition) is 0. The van der Waals surface area contributed by atoms with Gasteiger partial charge in [0.1, 0.15) is 23.7 Å². The van der Waals surface area contributed by atoms with Crippen molar-refractivity contribution >= 4 is 11.3 Å². The maximum Gasteiger partial charge on any atom is 0.164 e. The predicted molar refractivity (Wildman–Crippen MR) is 72.9 cm³/mol. The van der Waals surface area contributed by atoms with Crippen molar-refractivity contribution in [3.63, 3.8) is 0 Å². The Balaban J connectivity index is 1.84. The minimum absolute atomic E-state index is 0.388. The molecule has 0 unspecified atom stereocenters. The Labute approximate surface area is 114 Å². The van der Waals surface area contributed by atoms with Gasteiger partial charge < -0.3 is 4.74 Å². The molecule has 0 spiro atoms. The molecule has 0 bridgehead atoms. The number of aryl methyl sites for hydroxylation is 1. The molecular weight excluding hydrogens is 260 g/mol. The lowest BCUT2D eigenvalue weighted by molar-refractivity contribution is 0.291. The van der Waals surface area contributed by atoms with Crippen LogP contribution in [0.15, 0.2) is 42.2 Å². The topological polar surface area (TPSA) is 52.8 Å². The lowest BCUT2D eigenvalue weighted by atomic mass is 10.2. The van der Waals surface area contributed by atoms with Crippen molar-refractivity contribution in [1.82, 2.24) is 19.7 Å². The molecule has 19 heavy (non-hydrogen) atoms. The van der Waals surface area contributed by atoms with Crippen molar-refractivity contribution in [3.8, 4) is 16.3 Å². The normalized spacial score (nSPS) is 10.6. The highest BCUT2D eigenvalue weighted by molar-refractivity contribution is 7.13. The van der Waals surface area contributed by atoms with Crippen molar-refractivity contribution < 1.29 is 4.74 Å². The Hall–Kier alpha value is -2.21. The molecular formula is C13H12N4OS. The first-order valence-electron chi connectivity index (χ1n) is 5.79. The maximum atomic E-state index is 5.83. The zero-order valence-electron chi connectivity index (χ0n) is 10.4. The van der Waals surface area contributed by atoms with Gasteiger partial charge >= 0.3 is 0 Å². The zero-order chi connectivity index (χ0) is 13.1. The highest BCUT2D eigenvalue weighted by Crippen LogP contribution is 2.31. The Morgan fingerprint density at radius 1 is 1.26 bits per heavy atom. The second kappa shape index (κ2) is 5.19. The molecule has 0 fully saturated rings.